The molecule has 0 saturated carbocycles. The third-order valence-electron chi connectivity index (χ3n) is 1.44. The molecule has 0 heterocycles. The van der Waals surface area contributed by atoms with Crippen molar-refractivity contribution in [3.63, 3.8) is 0 Å². The summed E-state index contributed by atoms with van der Waals surface area (Å²) in [6.45, 7) is 2.09. The first-order valence-corrected chi connectivity index (χ1v) is 3.77. The van der Waals surface area contributed by atoms with Crippen LogP contribution in [0.1, 0.15) is 5.56 Å². The van der Waals surface area contributed by atoms with Crippen LogP contribution in [0, 0.1) is 6.92 Å². The van der Waals surface area contributed by atoms with Crippen molar-refractivity contribution in [1.29, 1.82) is 0 Å². The molecule has 1 unspecified atom stereocenters. The van der Waals surface area contributed by atoms with Crippen LogP contribution in [0.15, 0.2) is 24.3 Å². The Labute approximate surface area is 64.3 Å². The molecule has 54 valence electrons. The molecule has 1 rings (SSSR count). The zero-order chi connectivity index (χ0) is 7.56. The number of hydrogen-bond donors (Lipinski definition) is 0. The molecule has 2 heteroatoms. The van der Waals surface area contributed by atoms with E-state index in [-0.39, 0.29) is 0 Å². The van der Waals surface area contributed by atoms with E-state index in [0.29, 0.717) is 0 Å². The van der Waals surface area contributed by atoms with Crippen LogP contribution in [0.4, 0.5) is 5.69 Å². The van der Waals surface area contributed by atoms with Crippen LogP contribution in [0.2, 0.25) is 0 Å². The maximum atomic E-state index is 2.62. The maximum absolute atomic E-state index is 2.62. The van der Waals surface area contributed by atoms with Crippen molar-refractivity contribution in [2.24, 2.45) is 0 Å². The molecule has 0 amide bonds. The molecule has 0 aliphatic heterocycles. The zero-order valence-electron chi connectivity index (χ0n) is 6.33. The van der Waals surface area contributed by atoms with Crippen molar-refractivity contribution < 1.29 is 0 Å². The summed E-state index contributed by atoms with van der Waals surface area (Å²) >= 11 is 0. The van der Waals surface area contributed by atoms with Gasteiger partial charge in [0.05, 0.1) is 0 Å². The molecule has 1 aromatic carbocycles. The van der Waals surface area contributed by atoms with Crippen LogP contribution >= 0.6 is 9.39 Å². The van der Waals surface area contributed by atoms with E-state index >= 15 is 0 Å². The topological polar surface area (TPSA) is 3.24 Å². The first-order valence-electron chi connectivity index (χ1n) is 3.25. The monoisotopic (exact) mass is 153 g/mol. The van der Waals surface area contributed by atoms with E-state index in [1.807, 2.05) is 11.7 Å². The summed E-state index contributed by atoms with van der Waals surface area (Å²) < 4.78 is 2.01. The lowest BCUT2D eigenvalue weighted by Crippen LogP contribution is -1.98. The highest BCUT2D eigenvalue weighted by molar-refractivity contribution is 7.19. The summed E-state index contributed by atoms with van der Waals surface area (Å²) in [7, 11) is 4.63. The molecule has 10 heavy (non-hydrogen) atoms. The Morgan fingerprint density at radius 1 is 1.20 bits per heavy atom. The Hall–Kier alpha value is -0.550. The van der Waals surface area contributed by atoms with Gasteiger partial charge in [0.1, 0.15) is 0 Å². The number of benzene rings is 1. The molecule has 0 fully saturated rings. The Balaban J connectivity index is 2.89. The van der Waals surface area contributed by atoms with Gasteiger partial charge in [-0.15, -0.1) is 0 Å². The van der Waals surface area contributed by atoms with E-state index in [4.69, 9.17) is 0 Å². The van der Waals surface area contributed by atoms with Crippen molar-refractivity contribution in [3.8, 4) is 0 Å². The van der Waals surface area contributed by atoms with Gasteiger partial charge in [-0.1, -0.05) is 17.7 Å². The van der Waals surface area contributed by atoms with Crippen LogP contribution in [-0.4, -0.2) is 7.05 Å². The van der Waals surface area contributed by atoms with E-state index in [9.17, 15) is 0 Å². The van der Waals surface area contributed by atoms with Crippen molar-refractivity contribution >= 4 is 15.1 Å². The summed E-state index contributed by atoms with van der Waals surface area (Å²) in [5, 5.41) is 0. The number of aryl methyl sites for hydroxylation is 1. The van der Waals surface area contributed by atoms with E-state index < -0.39 is 0 Å². The molecule has 0 aliphatic carbocycles. The Morgan fingerprint density at radius 3 is 2.10 bits per heavy atom. The molecule has 0 N–H and O–H groups in total. The Morgan fingerprint density at radius 2 is 1.70 bits per heavy atom. The van der Waals surface area contributed by atoms with Crippen LogP contribution < -0.4 is 4.67 Å². The van der Waals surface area contributed by atoms with Crippen LogP contribution in [-0.2, 0) is 0 Å². The zero-order valence-corrected chi connectivity index (χ0v) is 7.49. The van der Waals surface area contributed by atoms with Gasteiger partial charge in [0.25, 0.3) is 0 Å². The van der Waals surface area contributed by atoms with Gasteiger partial charge >= 0.3 is 0 Å². The normalized spacial score (nSPS) is 9.50. The molecule has 0 spiro atoms. The summed E-state index contributed by atoms with van der Waals surface area (Å²) in [6, 6.07) is 8.41. The van der Waals surface area contributed by atoms with E-state index in [1.165, 1.54) is 11.3 Å². The fourth-order valence-electron chi connectivity index (χ4n) is 0.780. The molecule has 0 aromatic heterocycles. The average Bonchev–Trinajstić information content (AvgIpc) is 1.88. The predicted molar refractivity (Wildman–Crippen MR) is 49.3 cm³/mol. The number of rotatable bonds is 1. The lowest BCUT2D eigenvalue weighted by Gasteiger charge is -2.11. The van der Waals surface area contributed by atoms with Crippen molar-refractivity contribution in [2.45, 2.75) is 6.92 Å². The third-order valence-corrected chi connectivity index (χ3v) is 1.74. The molecular weight excluding hydrogens is 141 g/mol. The fraction of sp³-hybridized carbons (Fsp3) is 0.250. The van der Waals surface area contributed by atoms with E-state index in [1.54, 1.807) is 0 Å². The summed E-state index contributed by atoms with van der Waals surface area (Å²) in [5.41, 5.74) is 2.52. The van der Waals surface area contributed by atoms with Crippen molar-refractivity contribution in [3.05, 3.63) is 29.8 Å². The minimum Gasteiger partial charge on any atom is -0.359 e. The lowest BCUT2D eigenvalue weighted by molar-refractivity contribution is 1.34. The average molecular weight is 153 g/mol. The molecular formula is C8H12NP. The SMILES string of the molecule is Cc1ccc(N(C)P)cc1. The highest BCUT2D eigenvalue weighted by Gasteiger charge is 1.90. The quantitative estimate of drug-likeness (QED) is 0.559. The second kappa shape index (κ2) is 3.03. The summed E-state index contributed by atoms with van der Waals surface area (Å²) in [6.07, 6.45) is 0. The second-order valence-electron chi connectivity index (χ2n) is 2.45. The number of anilines is 1. The third kappa shape index (κ3) is 1.71. The standard InChI is InChI=1S/C8H12NP/c1-7-3-5-8(6-4-7)9(2)10/h3-6H,10H2,1-2H3. The molecule has 1 atom stereocenters. The predicted octanol–water partition coefficient (Wildman–Crippen LogP) is 2.22. The van der Waals surface area contributed by atoms with Gasteiger partial charge in [0.2, 0.25) is 0 Å². The fourth-order valence-corrected chi connectivity index (χ4v) is 0.952. The molecule has 1 nitrogen and oxygen atoms in total. The second-order valence-corrected chi connectivity index (χ2v) is 3.22. The molecule has 0 aliphatic rings. The van der Waals surface area contributed by atoms with Crippen molar-refractivity contribution in [2.75, 3.05) is 11.7 Å². The number of nitrogens with zero attached hydrogens (tertiary/aromatic N) is 1. The van der Waals surface area contributed by atoms with E-state index in [0.717, 1.165) is 0 Å². The highest BCUT2D eigenvalue weighted by Crippen LogP contribution is 2.15. The smallest absolute Gasteiger partial charge is 0.0392 e. The molecule has 0 radical (unpaired) electrons. The number of hydrogen-bond acceptors (Lipinski definition) is 1. The largest absolute Gasteiger partial charge is 0.359 e. The van der Waals surface area contributed by atoms with Gasteiger partial charge in [-0.05, 0) is 28.4 Å². The van der Waals surface area contributed by atoms with Gasteiger partial charge < -0.3 is 4.67 Å². The van der Waals surface area contributed by atoms with Gasteiger partial charge in [0, 0.05) is 12.7 Å². The summed E-state index contributed by atoms with van der Waals surface area (Å²) in [5.74, 6) is 0. The van der Waals surface area contributed by atoms with Gasteiger partial charge in [-0.2, -0.15) is 0 Å². The van der Waals surface area contributed by atoms with Crippen LogP contribution in [0.5, 0.6) is 0 Å². The molecule has 0 saturated heterocycles. The first kappa shape index (κ1) is 7.56. The van der Waals surface area contributed by atoms with Crippen molar-refractivity contribution in [1.82, 2.24) is 0 Å². The summed E-state index contributed by atoms with van der Waals surface area (Å²) in [4.78, 5) is 0. The maximum Gasteiger partial charge on any atom is 0.0392 e. The van der Waals surface area contributed by atoms with Gasteiger partial charge in [-0.25, -0.2) is 0 Å². The van der Waals surface area contributed by atoms with Crippen LogP contribution in [0.3, 0.4) is 0 Å². The minimum atomic E-state index is 1.22. The minimum absolute atomic E-state index is 1.22. The molecule has 1 aromatic rings. The van der Waals surface area contributed by atoms with E-state index in [2.05, 4.69) is 40.6 Å². The van der Waals surface area contributed by atoms with Crippen LogP contribution in [0.25, 0.3) is 0 Å². The van der Waals surface area contributed by atoms with Gasteiger partial charge in [-0.3, -0.25) is 0 Å². The van der Waals surface area contributed by atoms with Gasteiger partial charge in [0.15, 0.2) is 0 Å². The first-order chi connectivity index (χ1) is 4.70. The highest BCUT2D eigenvalue weighted by atomic mass is 31.0. The lowest BCUT2D eigenvalue weighted by atomic mass is 10.2. The Bertz CT molecular complexity index is 203. The Kier molecular flexibility index (Phi) is 2.29. The molecule has 0 bridgehead atoms.